The summed E-state index contributed by atoms with van der Waals surface area (Å²) in [5.41, 5.74) is 16.9. The van der Waals surface area contributed by atoms with Crippen molar-refractivity contribution in [3.63, 3.8) is 0 Å². The van der Waals surface area contributed by atoms with E-state index in [0.29, 0.717) is 24.6 Å². The molecule has 0 aliphatic heterocycles. The zero-order valence-electron chi connectivity index (χ0n) is 19.8. The second-order valence-electron chi connectivity index (χ2n) is 10.4. The highest BCUT2D eigenvalue weighted by Gasteiger charge is 2.29. The Balaban J connectivity index is 2.85. The summed E-state index contributed by atoms with van der Waals surface area (Å²) >= 11 is 0. The molecule has 4 nitrogen and oxygen atoms in total. The number of phenols is 2. The Morgan fingerprint density at radius 3 is 1.37 bits per heavy atom. The van der Waals surface area contributed by atoms with Gasteiger partial charge in [0.05, 0.1) is 0 Å². The van der Waals surface area contributed by atoms with Gasteiger partial charge in [-0.3, -0.25) is 0 Å². The monoisotopic (exact) mass is 412 g/mol. The summed E-state index contributed by atoms with van der Waals surface area (Å²) in [6, 6.07) is 7.99. The molecule has 4 heteroatoms. The van der Waals surface area contributed by atoms with Crippen LogP contribution in [0.1, 0.15) is 101 Å². The number of rotatable bonds is 6. The van der Waals surface area contributed by atoms with Crippen LogP contribution in [0.5, 0.6) is 11.5 Å². The van der Waals surface area contributed by atoms with Crippen LogP contribution in [0.4, 0.5) is 0 Å². The maximum Gasteiger partial charge on any atom is 0.123 e. The molecule has 0 atom stereocenters. The lowest BCUT2D eigenvalue weighted by Crippen LogP contribution is -2.17. The van der Waals surface area contributed by atoms with E-state index < -0.39 is 0 Å². The third kappa shape index (κ3) is 4.98. The predicted octanol–water partition coefficient (Wildman–Crippen LogP) is 5.54. The van der Waals surface area contributed by atoms with E-state index in [9.17, 15) is 10.2 Å². The first-order valence-corrected chi connectivity index (χ1v) is 11.0. The zero-order chi connectivity index (χ0) is 22.9. The molecule has 0 amide bonds. The molecule has 30 heavy (non-hydrogen) atoms. The maximum absolute atomic E-state index is 11.3. The molecule has 0 radical (unpaired) electrons. The molecule has 0 heterocycles. The van der Waals surface area contributed by atoms with Crippen molar-refractivity contribution < 1.29 is 10.2 Å². The summed E-state index contributed by atoms with van der Waals surface area (Å²) in [6.45, 7) is 15.5. The highest BCUT2D eigenvalue weighted by Crippen LogP contribution is 2.46. The molecule has 0 saturated carbocycles. The third-order valence-corrected chi connectivity index (χ3v) is 5.81. The molecule has 6 N–H and O–H groups in total. The fourth-order valence-corrected chi connectivity index (χ4v) is 4.12. The van der Waals surface area contributed by atoms with Crippen LogP contribution in [0.3, 0.4) is 0 Å². The summed E-state index contributed by atoms with van der Waals surface area (Å²) in [5.74, 6) is 0.455. The fourth-order valence-electron chi connectivity index (χ4n) is 4.12. The number of benzene rings is 2. The van der Waals surface area contributed by atoms with Crippen molar-refractivity contribution in [1.29, 1.82) is 0 Å². The molecular weight excluding hydrogens is 372 g/mol. The summed E-state index contributed by atoms with van der Waals surface area (Å²) in [7, 11) is 0. The van der Waals surface area contributed by atoms with Crippen LogP contribution >= 0.6 is 0 Å². The molecule has 166 valence electrons. The molecule has 0 aromatic heterocycles. The number of aromatic hydroxyl groups is 2. The van der Waals surface area contributed by atoms with E-state index in [4.69, 9.17) is 11.5 Å². The summed E-state index contributed by atoms with van der Waals surface area (Å²) < 4.78 is 0. The molecular formula is C26H40N2O2. The first-order valence-electron chi connectivity index (χ1n) is 11.0. The van der Waals surface area contributed by atoms with Gasteiger partial charge in [-0.1, -0.05) is 79.2 Å². The second kappa shape index (κ2) is 8.99. The molecule has 0 bridgehead atoms. The Kier molecular flexibility index (Phi) is 7.26. The topological polar surface area (TPSA) is 92.5 Å². The van der Waals surface area contributed by atoms with Crippen LogP contribution < -0.4 is 11.5 Å². The lowest BCUT2D eigenvalue weighted by Gasteiger charge is -2.29. The molecule has 0 spiro atoms. The van der Waals surface area contributed by atoms with Gasteiger partial charge in [-0.15, -0.1) is 0 Å². The van der Waals surface area contributed by atoms with Gasteiger partial charge in [0.25, 0.3) is 0 Å². The van der Waals surface area contributed by atoms with Crippen LogP contribution in [0, 0.1) is 0 Å². The van der Waals surface area contributed by atoms with Crippen molar-refractivity contribution in [1.82, 2.24) is 0 Å². The van der Waals surface area contributed by atoms with Gasteiger partial charge in [-0.2, -0.15) is 0 Å². The van der Waals surface area contributed by atoms with Crippen molar-refractivity contribution in [2.24, 2.45) is 11.5 Å². The number of nitrogens with two attached hydrogens (primary N) is 2. The largest absolute Gasteiger partial charge is 0.507 e. The first kappa shape index (κ1) is 24.2. The minimum absolute atomic E-state index is 0.143. The van der Waals surface area contributed by atoms with Gasteiger partial charge < -0.3 is 21.7 Å². The van der Waals surface area contributed by atoms with Gasteiger partial charge in [0.2, 0.25) is 0 Å². The van der Waals surface area contributed by atoms with Crippen LogP contribution in [0.15, 0.2) is 24.3 Å². The molecule has 0 unspecified atom stereocenters. The van der Waals surface area contributed by atoms with Crippen LogP contribution in [-0.2, 0) is 23.9 Å². The zero-order valence-corrected chi connectivity index (χ0v) is 19.8. The third-order valence-electron chi connectivity index (χ3n) is 5.81. The fraction of sp³-hybridized carbons (Fsp3) is 0.538. The lowest BCUT2D eigenvalue weighted by molar-refractivity contribution is 0.424. The highest BCUT2D eigenvalue weighted by atomic mass is 16.3. The number of hydrogen-bond donors (Lipinski definition) is 4. The van der Waals surface area contributed by atoms with Crippen molar-refractivity contribution in [3.05, 3.63) is 57.6 Å². The minimum atomic E-state index is -0.224. The van der Waals surface area contributed by atoms with E-state index in [2.05, 4.69) is 48.5 Å². The van der Waals surface area contributed by atoms with Crippen LogP contribution in [-0.4, -0.2) is 10.2 Å². The van der Waals surface area contributed by atoms with E-state index in [0.717, 1.165) is 46.2 Å². The van der Waals surface area contributed by atoms with Crippen molar-refractivity contribution >= 4 is 0 Å². The number of hydrogen-bond acceptors (Lipinski definition) is 4. The number of phenolic OH excluding ortho intramolecular Hbond substituents is 2. The molecule has 2 aromatic rings. The standard InChI is InChI=1S/C26H40N2O2/c1-8-9-18(19-10-16(14-27)12-21(23(19)29)25(2,3)4)20-11-17(15-28)13-22(24(20)30)26(5,6)7/h10-13,18,29-30H,8-9,14-15,27-28H2,1-7H3. The van der Waals surface area contributed by atoms with E-state index >= 15 is 0 Å². The Labute approximate surface area is 182 Å². The van der Waals surface area contributed by atoms with Crippen molar-refractivity contribution in [3.8, 4) is 11.5 Å². The van der Waals surface area contributed by atoms with Gasteiger partial charge in [0.1, 0.15) is 11.5 Å². The molecule has 2 rings (SSSR count). The average molecular weight is 413 g/mol. The summed E-state index contributed by atoms with van der Waals surface area (Å²) in [4.78, 5) is 0. The summed E-state index contributed by atoms with van der Waals surface area (Å²) in [6.07, 6.45) is 1.72. The Morgan fingerprint density at radius 1 is 0.733 bits per heavy atom. The van der Waals surface area contributed by atoms with Gasteiger partial charge in [-0.05, 0) is 39.5 Å². The van der Waals surface area contributed by atoms with Gasteiger partial charge in [-0.25, -0.2) is 0 Å². The molecule has 0 aliphatic rings. The van der Waals surface area contributed by atoms with Crippen LogP contribution in [0.25, 0.3) is 0 Å². The minimum Gasteiger partial charge on any atom is -0.507 e. The Morgan fingerprint density at radius 2 is 1.10 bits per heavy atom. The molecule has 0 fully saturated rings. The van der Waals surface area contributed by atoms with E-state index in [1.807, 2.05) is 24.3 Å². The Hall–Kier alpha value is -2.04. The Bertz CT molecular complexity index is 818. The molecule has 0 aliphatic carbocycles. The summed E-state index contributed by atoms with van der Waals surface area (Å²) in [5, 5.41) is 22.6. The van der Waals surface area contributed by atoms with E-state index in [-0.39, 0.29) is 16.7 Å². The van der Waals surface area contributed by atoms with Crippen molar-refractivity contribution in [2.45, 2.75) is 91.1 Å². The maximum atomic E-state index is 11.3. The highest BCUT2D eigenvalue weighted by molar-refractivity contribution is 5.56. The quantitative estimate of drug-likeness (QED) is 0.501. The molecule has 2 aromatic carbocycles. The van der Waals surface area contributed by atoms with Gasteiger partial charge in [0, 0.05) is 30.1 Å². The van der Waals surface area contributed by atoms with Gasteiger partial charge >= 0.3 is 0 Å². The predicted molar refractivity (Wildman–Crippen MR) is 126 cm³/mol. The SMILES string of the molecule is CCCC(c1cc(CN)cc(C(C)(C)C)c1O)c1cc(CN)cc(C(C)(C)C)c1O. The van der Waals surface area contributed by atoms with Crippen LogP contribution in [0.2, 0.25) is 0 Å². The lowest BCUT2D eigenvalue weighted by atomic mass is 9.77. The van der Waals surface area contributed by atoms with Crippen molar-refractivity contribution in [2.75, 3.05) is 0 Å². The molecule has 0 saturated heterocycles. The van der Waals surface area contributed by atoms with Gasteiger partial charge in [0.15, 0.2) is 0 Å². The average Bonchev–Trinajstić information content (AvgIpc) is 2.65. The first-order chi connectivity index (χ1) is 13.8. The smallest absolute Gasteiger partial charge is 0.123 e. The van der Waals surface area contributed by atoms with E-state index in [1.54, 1.807) is 0 Å². The second-order valence-corrected chi connectivity index (χ2v) is 10.4. The normalized spacial score (nSPS) is 12.6. The van der Waals surface area contributed by atoms with E-state index in [1.165, 1.54) is 0 Å².